The van der Waals surface area contributed by atoms with Crippen molar-refractivity contribution in [1.82, 2.24) is 0 Å². The maximum absolute atomic E-state index is 11.1. The summed E-state index contributed by atoms with van der Waals surface area (Å²) in [5, 5.41) is 0. The van der Waals surface area contributed by atoms with E-state index in [9.17, 15) is 9.13 Å². The van der Waals surface area contributed by atoms with Crippen LogP contribution < -0.4 is 0 Å². The summed E-state index contributed by atoms with van der Waals surface area (Å²) in [7, 11) is -8.11. The van der Waals surface area contributed by atoms with E-state index in [4.69, 9.17) is 19.6 Å². The van der Waals surface area contributed by atoms with Crippen molar-refractivity contribution in [2.24, 2.45) is 0 Å². The van der Waals surface area contributed by atoms with E-state index in [1.54, 1.807) is 30.3 Å². The van der Waals surface area contributed by atoms with Crippen LogP contribution in [-0.2, 0) is 21.7 Å². The minimum Gasteiger partial charge on any atom is -0.324 e. The van der Waals surface area contributed by atoms with Crippen LogP contribution in [0, 0.1) is 0 Å². The molecule has 2 aromatic carbocycles. The Bertz CT molecular complexity index is 760. The van der Waals surface area contributed by atoms with E-state index in [1.807, 2.05) is 18.2 Å². The summed E-state index contributed by atoms with van der Waals surface area (Å²) in [4.78, 5) is 35.8. The molecule has 0 saturated heterocycles. The third-order valence-corrected chi connectivity index (χ3v) is 4.88. The Hall–Kier alpha value is -1.26. The van der Waals surface area contributed by atoms with Crippen LogP contribution in [0.2, 0.25) is 0 Å². The molecule has 23 heavy (non-hydrogen) atoms. The Balaban J connectivity index is 2.15. The number of aryl methyl sites for hydroxylation is 1. The fourth-order valence-corrected chi connectivity index (χ4v) is 3.45. The molecule has 0 aliphatic carbocycles. The number of hydrogen-bond acceptors (Lipinski definition) is 2. The topological polar surface area (TPSA) is 115 Å². The van der Waals surface area contributed by atoms with Gasteiger partial charge in [0.1, 0.15) is 0 Å². The average molecular weight is 356 g/mol. The number of hydrogen-bond donors (Lipinski definition) is 4. The molecular weight excluding hydrogens is 338 g/mol. The minimum atomic E-state index is -4.11. The van der Waals surface area contributed by atoms with Gasteiger partial charge in [0.15, 0.2) is 0 Å². The molecule has 0 amide bonds. The van der Waals surface area contributed by atoms with E-state index in [0.29, 0.717) is 12.0 Å². The summed E-state index contributed by atoms with van der Waals surface area (Å²) in [5.41, 5.74) is 3.08. The lowest BCUT2D eigenvalue weighted by Crippen LogP contribution is -1.93. The van der Waals surface area contributed by atoms with Crippen LogP contribution >= 0.6 is 15.2 Å². The summed E-state index contributed by atoms with van der Waals surface area (Å²) in [6.45, 7) is 0. The summed E-state index contributed by atoms with van der Waals surface area (Å²) in [5.74, 6) is 0. The number of benzene rings is 2. The normalized spacial score (nSPS) is 12.3. The molecule has 2 rings (SSSR count). The van der Waals surface area contributed by atoms with Gasteiger partial charge >= 0.3 is 15.2 Å². The van der Waals surface area contributed by atoms with Gasteiger partial charge in [-0.2, -0.15) is 0 Å². The molecule has 2 aromatic rings. The van der Waals surface area contributed by atoms with Crippen LogP contribution in [0.15, 0.2) is 48.5 Å². The first-order valence-corrected chi connectivity index (χ1v) is 10.5. The fraction of sp³-hybridized carbons (Fsp3) is 0.200. The van der Waals surface area contributed by atoms with E-state index in [0.717, 1.165) is 16.7 Å². The van der Waals surface area contributed by atoms with Crippen molar-refractivity contribution >= 4 is 15.2 Å². The maximum atomic E-state index is 11.1. The highest BCUT2D eigenvalue weighted by Crippen LogP contribution is 2.39. The van der Waals surface area contributed by atoms with Crippen LogP contribution in [0.1, 0.15) is 11.1 Å². The molecular formula is C15H18O6P2. The highest BCUT2D eigenvalue weighted by Gasteiger charge is 2.14. The van der Waals surface area contributed by atoms with Gasteiger partial charge in [-0.1, -0.05) is 48.5 Å². The van der Waals surface area contributed by atoms with E-state index in [2.05, 4.69) is 0 Å². The third-order valence-electron chi connectivity index (χ3n) is 3.29. The predicted octanol–water partition coefficient (Wildman–Crippen LogP) is 2.75. The lowest BCUT2D eigenvalue weighted by atomic mass is 10.0. The van der Waals surface area contributed by atoms with Crippen LogP contribution in [0.3, 0.4) is 0 Å². The SMILES string of the molecule is O=P(O)(O)CCc1ccc(-c2cccc(CP(=O)(O)O)c2)cc1. The molecule has 0 aliphatic heterocycles. The molecule has 4 N–H and O–H groups in total. The van der Waals surface area contributed by atoms with Crippen LogP contribution in [0.25, 0.3) is 11.1 Å². The lowest BCUT2D eigenvalue weighted by Gasteiger charge is -2.08. The molecule has 0 atom stereocenters. The molecule has 0 radical (unpaired) electrons. The summed E-state index contributed by atoms with van der Waals surface area (Å²) in [6, 6.07) is 14.2. The summed E-state index contributed by atoms with van der Waals surface area (Å²) in [6.07, 6.45) is -0.200. The first kappa shape index (κ1) is 18.1. The van der Waals surface area contributed by atoms with Gasteiger partial charge in [0.05, 0.1) is 12.3 Å². The van der Waals surface area contributed by atoms with Crippen molar-refractivity contribution in [2.45, 2.75) is 12.6 Å². The zero-order valence-electron chi connectivity index (χ0n) is 12.2. The third kappa shape index (κ3) is 6.40. The Labute approximate surface area is 134 Å². The van der Waals surface area contributed by atoms with E-state index >= 15 is 0 Å². The van der Waals surface area contributed by atoms with Gasteiger partial charge in [0.25, 0.3) is 0 Å². The van der Waals surface area contributed by atoms with Crippen molar-refractivity contribution in [1.29, 1.82) is 0 Å². The molecule has 0 bridgehead atoms. The molecule has 0 unspecified atom stereocenters. The van der Waals surface area contributed by atoms with Crippen LogP contribution in [0.4, 0.5) is 0 Å². The Morgan fingerprint density at radius 3 is 1.96 bits per heavy atom. The second-order valence-electron chi connectivity index (χ2n) is 5.36. The van der Waals surface area contributed by atoms with Gasteiger partial charge in [0.2, 0.25) is 0 Å². The minimum absolute atomic E-state index is 0.190. The van der Waals surface area contributed by atoms with Crippen LogP contribution in [0.5, 0.6) is 0 Å². The summed E-state index contributed by atoms with van der Waals surface area (Å²) < 4.78 is 22.0. The van der Waals surface area contributed by atoms with Gasteiger partial charge in [0, 0.05) is 0 Å². The second-order valence-corrected chi connectivity index (χ2v) is 8.78. The maximum Gasteiger partial charge on any atom is 0.329 e. The molecule has 8 heteroatoms. The molecule has 124 valence electrons. The predicted molar refractivity (Wildman–Crippen MR) is 88.2 cm³/mol. The van der Waals surface area contributed by atoms with Crippen molar-refractivity contribution in [3.63, 3.8) is 0 Å². The standard InChI is InChI=1S/C15H18O6P2/c16-22(17,18)9-8-12-4-6-14(7-5-12)15-3-1-2-13(10-15)11-23(19,20)21/h1-7,10H,8-9,11H2,(H2,16,17,18)(H2,19,20,21). The molecule has 0 saturated carbocycles. The lowest BCUT2D eigenvalue weighted by molar-refractivity contribution is 0.370. The Morgan fingerprint density at radius 1 is 0.739 bits per heavy atom. The van der Waals surface area contributed by atoms with Crippen molar-refractivity contribution in [3.8, 4) is 11.1 Å². The molecule has 6 nitrogen and oxygen atoms in total. The quantitative estimate of drug-likeness (QED) is 0.592. The zero-order chi connectivity index (χ0) is 17.1. The van der Waals surface area contributed by atoms with Crippen molar-refractivity contribution in [2.75, 3.05) is 6.16 Å². The smallest absolute Gasteiger partial charge is 0.324 e. The Kier molecular flexibility index (Phi) is 5.58. The van der Waals surface area contributed by atoms with E-state index < -0.39 is 15.2 Å². The molecule has 0 aromatic heterocycles. The van der Waals surface area contributed by atoms with Crippen molar-refractivity contribution < 1.29 is 28.7 Å². The van der Waals surface area contributed by atoms with Gasteiger partial charge in [-0.3, -0.25) is 9.13 Å². The first-order chi connectivity index (χ1) is 10.6. The first-order valence-electron chi connectivity index (χ1n) is 6.90. The van der Waals surface area contributed by atoms with Gasteiger partial charge in [-0.15, -0.1) is 0 Å². The van der Waals surface area contributed by atoms with Crippen LogP contribution in [-0.4, -0.2) is 25.7 Å². The largest absolute Gasteiger partial charge is 0.329 e. The zero-order valence-corrected chi connectivity index (χ0v) is 14.0. The fourth-order valence-electron chi connectivity index (χ4n) is 2.23. The molecule has 0 aliphatic rings. The number of rotatable bonds is 6. The Morgan fingerprint density at radius 2 is 1.39 bits per heavy atom. The van der Waals surface area contributed by atoms with E-state index in [1.165, 1.54) is 0 Å². The van der Waals surface area contributed by atoms with Gasteiger partial charge in [-0.25, -0.2) is 0 Å². The van der Waals surface area contributed by atoms with E-state index in [-0.39, 0.29) is 12.3 Å². The second kappa shape index (κ2) is 7.10. The molecule has 0 fully saturated rings. The van der Waals surface area contributed by atoms with Gasteiger partial charge < -0.3 is 19.6 Å². The molecule has 0 spiro atoms. The highest BCUT2D eigenvalue weighted by molar-refractivity contribution is 7.51. The average Bonchev–Trinajstić information content (AvgIpc) is 2.43. The summed E-state index contributed by atoms with van der Waals surface area (Å²) >= 11 is 0. The van der Waals surface area contributed by atoms with Gasteiger partial charge in [-0.05, 0) is 28.7 Å². The highest BCUT2D eigenvalue weighted by atomic mass is 31.2. The van der Waals surface area contributed by atoms with Crippen molar-refractivity contribution in [3.05, 3.63) is 59.7 Å². The molecule has 0 heterocycles. The monoisotopic (exact) mass is 356 g/mol.